The molecule has 6 rings (SSSR count). The quantitative estimate of drug-likeness (QED) is 0.702. The van der Waals surface area contributed by atoms with Crippen LogP contribution in [0.15, 0.2) is 54.6 Å². The van der Waals surface area contributed by atoms with Crippen LogP contribution in [0.2, 0.25) is 0 Å². The van der Waals surface area contributed by atoms with E-state index in [1.807, 2.05) is 6.07 Å². The summed E-state index contributed by atoms with van der Waals surface area (Å²) in [4.78, 5) is 12.1. The molecule has 3 heterocycles. The van der Waals surface area contributed by atoms with Crippen LogP contribution in [0, 0.1) is 5.92 Å². The first-order valence-electron chi connectivity index (χ1n) is 9.99. The molecule has 3 aliphatic heterocycles. The van der Waals surface area contributed by atoms with Gasteiger partial charge in [0.15, 0.2) is 11.9 Å². The Morgan fingerprint density at radius 2 is 1.63 bits per heavy atom. The summed E-state index contributed by atoms with van der Waals surface area (Å²) in [6.07, 6.45) is 5.86. The van der Waals surface area contributed by atoms with Crippen molar-refractivity contribution in [3.8, 4) is 11.1 Å². The summed E-state index contributed by atoms with van der Waals surface area (Å²) in [6, 6.07) is 18.8. The summed E-state index contributed by atoms with van der Waals surface area (Å²) in [6.45, 7) is 0. The summed E-state index contributed by atoms with van der Waals surface area (Å²) in [7, 11) is 1.71. The molecule has 4 nitrogen and oxygen atoms in total. The van der Waals surface area contributed by atoms with Crippen molar-refractivity contribution in [2.24, 2.45) is 5.92 Å². The van der Waals surface area contributed by atoms with Gasteiger partial charge < -0.3 is 9.47 Å². The van der Waals surface area contributed by atoms with Crippen LogP contribution in [-0.2, 0) is 25.0 Å². The molecule has 0 amide bonds. The topological polar surface area (TPSA) is 36.9 Å². The van der Waals surface area contributed by atoms with Crippen molar-refractivity contribution in [2.75, 3.05) is 7.11 Å². The van der Waals surface area contributed by atoms with Gasteiger partial charge in [-0.05, 0) is 36.3 Å². The Morgan fingerprint density at radius 3 is 2.41 bits per heavy atom. The van der Waals surface area contributed by atoms with Gasteiger partial charge in [-0.2, -0.15) is 4.89 Å². The lowest BCUT2D eigenvalue weighted by molar-refractivity contribution is -0.558. The molecule has 142 valence electrons. The largest absolute Gasteiger partial charge is 0.353 e. The van der Waals surface area contributed by atoms with Gasteiger partial charge in [-0.3, -0.25) is 0 Å². The average molecular weight is 366 g/mol. The van der Waals surface area contributed by atoms with E-state index in [2.05, 4.69) is 48.5 Å². The fraction of sp³-hybridized carbons (Fsp3) is 0.478. The molecule has 4 aliphatic rings. The lowest BCUT2D eigenvalue weighted by Gasteiger charge is -2.49. The van der Waals surface area contributed by atoms with E-state index in [0.717, 1.165) is 37.7 Å². The fourth-order valence-electron chi connectivity index (χ4n) is 5.05. The number of hydrogen-bond acceptors (Lipinski definition) is 4. The second-order valence-corrected chi connectivity index (χ2v) is 7.98. The molecule has 2 aromatic carbocycles. The first kappa shape index (κ1) is 17.4. The summed E-state index contributed by atoms with van der Waals surface area (Å²) in [5.41, 5.74) is 2.90. The van der Waals surface area contributed by atoms with E-state index in [-0.39, 0.29) is 0 Å². The molecular formula is C23H26O4. The molecule has 0 aromatic heterocycles. The standard InChI is InChI=1S/C23H26O4/c1-24-21-22-15-6-5-9-19(22)14-16-23(25-21,27-26-22)20-12-10-18(11-13-20)17-7-3-2-4-8-17/h2-4,7-8,10-13,19,21H,5-6,9,14-16H2,1H3/t19-,21-,22?,23-/m1/s1. The predicted molar refractivity (Wildman–Crippen MR) is 102 cm³/mol. The van der Waals surface area contributed by atoms with Crippen LogP contribution in [0.1, 0.15) is 44.1 Å². The highest BCUT2D eigenvalue weighted by Crippen LogP contribution is 2.55. The van der Waals surface area contributed by atoms with Crippen molar-refractivity contribution >= 4 is 0 Å². The second-order valence-electron chi connectivity index (χ2n) is 7.98. The number of benzene rings is 2. The van der Waals surface area contributed by atoms with Crippen LogP contribution in [0.3, 0.4) is 0 Å². The van der Waals surface area contributed by atoms with Crippen LogP contribution in [0.25, 0.3) is 11.1 Å². The molecule has 4 fully saturated rings. The Kier molecular flexibility index (Phi) is 4.32. The summed E-state index contributed by atoms with van der Waals surface area (Å²) in [5.74, 6) is -0.470. The zero-order chi connectivity index (χ0) is 18.3. The van der Waals surface area contributed by atoms with Crippen LogP contribution in [0.4, 0.5) is 0 Å². The molecule has 2 bridgehead atoms. The minimum atomic E-state index is -0.890. The zero-order valence-corrected chi connectivity index (χ0v) is 15.7. The number of rotatable bonds is 3. The molecule has 4 atom stereocenters. The first-order chi connectivity index (χ1) is 13.3. The molecule has 1 unspecified atom stereocenters. The number of ether oxygens (including phenoxy) is 2. The Hall–Kier alpha value is -1.72. The third kappa shape index (κ3) is 2.74. The van der Waals surface area contributed by atoms with Gasteiger partial charge >= 0.3 is 0 Å². The lowest BCUT2D eigenvalue weighted by atomic mass is 9.73. The van der Waals surface area contributed by atoms with Crippen LogP contribution in [0.5, 0.6) is 0 Å². The molecular weight excluding hydrogens is 340 g/mol. The van der Waals surface area contributed by atoms with Crippen LogP contribution < -0.4 is 0 Å². The van der Waals surface area contributed by atoms with E-state index in [1.165, 1.54) is 17.5 Å². The smallest absolute Gasteiger partial charge is 0.230 e. The van der Waals surface area contributed by atoms with Gasteiger partial charge in [-0.1, -0.05) is 67.4 Å². The molecule has 4 heteroatoms. The Balaban J connectivity index is 1.48. The highest BCUT2D eigenvalue weighted by Gasteiger charge is 2.61. The Bertz CT molecular complexity index is 786. The second kappa shape index (κ2) is 6.71. The third-order valence-electron chi connectivity index (χ3n) is 6.56. The SMILES string of the molecule is CO[C@@H]1O[C@]2(c3ccc(-c4ccccc4)cc3)CC[C@H]3CCCCC31OO2. The number of hydrogen-bond donors (Lipinski definition) is 0. The average Bonchev–Trinajstić information content (AvgIpc) is 3.01. The highest BCUT2D eigenvalue weighted by molar-refractivity contribution is 5.63. The summed E-state index contributed by atoms with van der Waals surface area (Å²) >= 11 is 0. The monoisotopic (exact) mass is 366 g/mol. The van der Waals surface area contributed by atoms with Crippen molar-refractivity contribution in [3.05, 3.63) is 60.2 Å². The molecule has 1 spiro atoms. The van der Waals surface area contributed by atoms with Crippen molar-refractivity contribution in [1.29, 1.82) is 0 Å². The maximum atomic E-state index is 6.47. The molecule has 2 aromatic rings. The Morgan fingerprint density at radius 1 is 0.852 bits per heavy atom. The first-order valence-corrected chi connectivity index (χ1v) is 9.99. The fourth-order valence-corrected chi connectivity index (χ4v) is 5.05. The van der Waals surface area contributed by atoms with E-state index >= 15 is 0 Å². The minimum absolute atomic E-state index is 0.396. The van der Waals surface area contributed by atoms with Gasteiger partial charge in [0.2, 0.25) is 5.79 Å². The van der Waals surface area contributed by atoms with E-state index < -0.39 is 17.7 Å². The molecule has 27 heavy (non-hydrogen) atoms. The van der Waals surface area contributed by atoms with Crippen LogP contribution in [-0.4, -0.2) is 19.0 Å². The molecule has 0 N–H and O–H groups in total. The summed E-state index contributed by atoms with van der Waals surface area (Å²) < 4.78 is 12.2. The van der Waals surface area contributed by atoms with Gasteiger partial charge in [-0.15, -0.1) is 0 Å². The Labute approximate surface area is 160 Å². The zero-order valence-electron chi connectivity index (χ0n) is 15.7. The van der Waals surface area contributed by atoms with E-state index in [0.29, 0.717) is 5.92 Å². The van der Waals surface area contributed by atoms with Crippen molar-refractivity contribution in [3.63, 3.8) is 0 Å². The number of fused-ring (bicyclic) bond motifs is 3. The van der Waals surface area contributed by atoms with Gasteiger partial charge in [0.25, 0.3) is 0 Å². The van der Waals surface area contributed by atoms with E-state index in [4.69, 9.17) is 19.2 Å². The number of methoxy groups -OCH3 is 1. The minimum Gasteiger partial charge on any atom is -0.353 e. The van der Waals surface area contributed by atoms with Gasteiger partial charge in [0, 0.05) is 19.1 Å². The maximum absolute atomic E-state index is 6.47. The van der Waals surface area contributed by atoms with Crippen molar-refractivity contribution in [1.82, 2.24) is 0 Å². The molecule has 3 saturated heterocycles. The molecule has 1 aliphatic carbocycles. The summed E-state index contributed by atoms with van der Waals surface area (Å²) in [5, 5.41) is 0. The van der Waals surface area contributed by atoms with Gasteiger partial charge in [0.1, 0.15) is 0 Å². The molecule has 0 radical (unpaired) electrons. The van der Waals surface area contributed by atoms with Gasteiger partial charge in [-0.25, -0.2) is 4.89 Å². The van der Waals surface area contributed by atoms with E-state index in [1.54, 1.807) is 7.11 Å². The molecule has 1 saturated carbocycles. The maximum Gasteiger partial charge on any atom is 0.230 e. The van der Waals surface area contributed by atoms with Crippen molar-refractivity contribution in [2.45, 2.75) is 56.2 Å². The normalized spacial score (nSPS) is 35.4. The van der Waals surface area contributed by atoms with Crippen LogP contribution >= 0.6 is 0 Å². The van der Waals surface area contributed by atoms with E-state index in [9.17, 15) is 0 Å². The lowest BCUT2D eigenvalue weighted by Crippen LogP contribution is -2.59. The van der Waals surface area contributed by atoms with Gasteiger partial charge in [0.05, 0.1) is 0 Å². The predicted octanol–water partition coefficient (Wildman–Crippen LogP) is 5.18. The third-order valence-corrected chi connectivity index (χ3v) is 6.56. The highest BCUT2D eigenvalue weighted by atomic mass is 17.3. The van der Waals surface area contributed by atoms with Crippen molar-refractivity contribution < 1.29 is 19.2 Å².